The number of nitrogens with zero attached hydrogens (tertiary/aromatic N) is 2. The summed E-state index contributed by atoms with van der Waals surface area (Å²) in [5.41, 5.74) is 0.895. The van der Waals surface area contributed by atoms with Crippen LogP contribution in [0.2, 0.25) is 0 Å². The van der Waals surface area contributed by atoms with Crippen LogP contribution in [0.3, 0.4) is 0 Å². The van der Waals surface area contributed by atoms with Gasteiger partial charge in [-0.25, -0.2) is 4.98 Å². The molecule has 0 radical (unpaired) electrons. The first-order chi connectivity index (χ1) is 13.5. The fraction of sp³-hybridized carbons (Fsp3) is 0.250. The number of rotatable bonds is 7. The zero-order valence-electron chi connectivity index (χ0n) is 15.9. The van der Waals surface area contributed by atoms with Gasteiger partial charge in [0, 0.05) is 11.4 Å². The summed E-state index contributed by atoms with van der Waals surface area (Å²) in [5.74, 6) is 0.579. The quantitative estimate of drug-likeness (QED) is 0.653. The Morgan fingerprint density at radius 2 is 2.04 bits per heavy atom. The van der Waals surface area contributed by atoms with Crippen molar-refractivity contribution in [2.75, 3.05) is 25.5 Å². The summed E-state index contributed by atoms with van der Waals surface area (Å²) >= 11 is 1.39. The van der Waals surface area contributed by atoms with Crippen molar-refractivity contribution in [1.82, 2.24) is 9.88 Å². The average molecular weight is 399 g/mol. The van der Waals surface area contributed by atoms with Crippen LogP contribution in [0, 0.1) is 6.92 Å². The van der Waals surface area contributed by atoms with Crippen LogP contribution >= 0.6 is 11.3 Å². The summed E-state index contributed by atoms with van der Waals surface area (Å²) in [5, 5.41) is 3.42. The maximum atomic E-state index is 12.9. The lowest BCUT2D eigenvalue weighted by molar-refractivity contribution is -0.116. The summed E-state index contributed by atoms with van der Waals surface area (Å²) in [6, 6.07) is 10.7. The molecule has 2 amide bonds. The van der Waals surface area contributed by atoms with E-state index in [1.54, 1.807) is 36.6 Å². The summed E-state index contributed by atoms with van der Waals surface area (Å²) in [6.45, 7) is 3.95. The molecule has 7 nitrogen and oxygen atoms in total. The van der Waals surface area contributed by atoms with E-state index in [9.17, 15) is 9.59 Å². The maximum Gasteiger partial charge on any atom is 0.274 e. The van der Waals surface area contributed by atoms with Crippen molar-refractivity contribution >= 4 is 28.8 Å². The number of carbonyl (C=O) groups is 2. The highest BCUT2D eigenvalue weighted by molar-refractivity contribution is 7.15. The minimum absolute atomic E-state index is 0.0829. The Kier molecular flexibility index (Phi) is 6.10. The molecule has 0 aliphatic heterocycles. The minimum Gasteiger partial charge on any atom is -0.495 e. The molecule has 3 aromatic rings. The summed E-state index contributed by atoms with van der Waals surface area (Å²) in [4.78, 5) is 32.1. The lowest BCUT2D eigenvalue weighted by Gasteiger charge is -2.20. The third-order valence-corrected chi connectivity index (χ3v) is 5.10. The molecule has 2 heterocycles. The largest absolute Gasteiger partial charge is 0.495 e. The number of hydrogen-bond acceptors (Lipinski definition) is 6. The van der Waals surface area contributed by atoms with Crippen molar-refractivity contribution in [3.8, 4) is 16.5 Å². The van der Waals surface area contributed by atoms with Crippen molar-refractivity contribution in [2.45, 2.75) is 13.8 Å². The van der Waals surface area contributed by atoms with Gasteiger partial charge in [0.2, 0.25) is 5.91 Å². The van der Waals surface area contributed by atoms with Gasteiger partial charge in [-0.1, -0.05) is 12.1 Å². The predicted octanol–water partition coefficient (Wildman–Crippen LogP) is 3.82. The van der Waals surface area contributed by atoms with Crippen LogP contribution in [0.25, 0.3) is 10.8 Å². The smallest absolute Gasteiger partial charge is 0.274 e. The molecule has 0 saturated carbocycles. The number of aromatic nitrogens is 1. The highest BCUT2D eigenvalue weighted by Gasteiger charge is 2.24. The van der Waals surface area contributed by atoms with Gasteiger partial charge in [0.15, 0.2) is 10.8 Å². The first-order valence-electron chi connectivity index (χ1n) is 8.77. The number of methoxy groups -OCH3 is 1. The Balaban J connectivity index is 1.72. The van der Waals surface area contributed by atoms with E-state index in [-0.39, 0.29) is 18.4 Å². The number of carbonyl (C=O) groups excluding carboxylic acids is 2. The van der Waals surface area contributed by atoms with Gasteiger partial charge in [-0.05, 0) is 38.1 Å². The Morgan fingerprint density at radius 3 is 2.71 bits per heavy atom. The molecule has 28 heavy (non-hydrogen) atoms. The molecule has 0 fully saturated rings. The molecule has 8 heteroatoms. The fourth-order valence-electron chi connectivity index (χ4n) is 2.69. The number of aryl methyl sites for hydroxylation is 1. The fourth-order valence-corrected chi connectivity index (χ4v) is 3.56. The van der Waals surface area contributed by atoms with Gasteiger partial charge in [0.1, 0.15) is 18.0 Å². The molecule has 0 aliphatic carbocycles. The SMILES string of the molecule is CCN(CC(=O)Nc1ccccc1OC)C(=O)c1nc(-c2ccco2)sc1C. The third kappa shape index (κ3) is 4.23. The van der Waals surface area contributed by atoms with E-state index in [2.05, 4.69) is 10.3 Å². The van der Waals surface area contributed by atoms with E-state index in [1.807, 2.05) is 19.9 Å². The molecule has 146 valence electrons. The molecule has 0 aliphatic rings. The highest BCUT2D eigenvalue weighted by atomic mass is 32.1. The third-order valence-electron chi connectivity index (χ3n) is 4.12. The molecule has 2 aromatic heterocycles. The van der Waals surface area contributed by atoms with Crippen LogP contribution in [0.5, 0.6) is 5.75 Å². The van der Waals surface area contributed by atoms with Crippen LogP contribution in [0.4, 0.5) is 5.69 Å². The molecular formula is C20H21N3O4S. The van der Waals surface area contributed by atoms with Gasteiger partial charge < -0.3 is 19.4 Å². The first-order valence-corrected chi connectivity index (χ1v) is 9.58. The van der Waals surface area contributed by atoms with Crippen molar-refractivity contribution in [1.29, 1.82) is 0 Å². The molecular weight excluding hydrogens is 378 g/mol. The van der Waals surface area contributed by atoms with Gasteiger partial charge in [-0.2, -0.15) is 0 Å². The summed E-state index contributed by atoms with van der Waals surface area (Å²) in [7, 11) is 1.54. The number of amides is 2. The normalized spacial score (nSPS) is 10.5. The van der Waals surface area contributed by atoms with Gasteiger partial charge in [-0.15, -0.1) is 11.3 Å². The highest BCUT2D eigenvalue weighted by Crippen LogP contribution is 2.28. The topological polar surface area (TPSA) is 84.7 Å². The van der Waals surface area contributed by atoms with E-state index in [0.29, 0.717) is 34.4 Å². The standard InChI is InChI=1S/C20H21N3O4S/c1-4-23(12-17(24)21-14-8-5-6-9-15(14)26-3)20(25)18-13(2)28-19(22-18)16-10-7-11-27-16/h5-11H,4,12H2,1-3H3,(H,21,24). The number of thiazole rings is 1. The second-order valence-electron chi connectivity index (χ2n) is 5.97. The number of hydrogen-bond donors (Lipinski definition) is 1. The maximum absolute atomic E-state index is 12.9. The predicted molar refractivity (Wildman–Crippen MR) is 108 cm³/mol. The van der Waals surface area contributed by atoms with Crippen LogP contribution < -0.4 is 10.1 Å². The number of anilines is 1. The monoisotopic (exact) mass is 399 g/mol. The van der Waals surface area contributed by atoms with Crippen LogP contribution in [-0.2, 0) is 4.79 Å². The zero-order chi connectivity index (χ0) is 20.1. The molecule has 0 unspecified atom stereocenters. The average Bonchev–Trinajstić information content (AvgIpc) is 3.35. The number of benzene rings is 1. The molecule has 0 bridgehead atoms. The Hall–Kier alpha value is -3.13. The summed E-state index contributed by atoms with van der Waals surface area (Å²) < 4.78 is 10.6. The van der Waals surface area contributed by atoms with Gasteiger partial charge in [0.25, 0.3) is 5.91 Å². The van der Waals surface area contributed by atoms with Crippen molar-refractivity contribution in [3.63, 3.8) is 0 Å². The second kappa shape index (κ2) is 8.71. The van der Waals surface area contributed by atoms with E-state index < -0.39 is 0 Å². The van der Waals surface area contributed by atoms with E-state index >= 15 is 0 Å². The van der Waals surface area contributed by atoms with Gasteiger partial charge in [-0.3, -0.25) is 9.59 Å². The first kappa shape index (κ1) is 19.6. The van der Waals surface area contributed by atoms with Crippen molar-refractivity contribution < 1.29 is 18.7 Å². The lowest BCUT2D eigenvalue weighted by Crippen LogP contribution is -2.38. The van der Waals surface area contributed by atoms with E-state index in [1.165, 1.54) is 23.3 Å². The van der Waals surface area contributed by atoms with E-state index in [0.717, 1.165) is 4.88 Å². The number of para-hydroxylation sites is 2. The van der Waals surface area contributed by atoms with Crippen molar-refractivity contribution in [2.24, 2.45) is 0 Å². The molecule has 0 spiro atoms. The van der Waals surface area contributed by atoms with Crippen molar-refractivity contribution in [3.05, 3.63) is 53.2 Å². The molecule has 0 saturated heterocycles. The lowest BCUT2D eigenvalue weighted by atomic mass is 10.2. The molecule has 1 aromatic carbocycles. The zero-order valence-corrected chi connectivity index (χ0v) is 16.7. The Labute approximate surface area is 167 Å². The van der Waals surface area contributed by atoms with Crippen LogP contribution in [0.1, 0.15) is 22.3 Å². The molecule has 0 atom stereocenters. The Morgan fingerprint density at radius 1 is 1.25 bits per heavy atom. The number of ether oxygens (including phenoxy) is 1. The van der Waals surface area contributed by atoms with E-state index in [4.69, 9.17) is 9.15 Å². The van der Waals surface area contributed by atoms with Gasteiger partial charge in [0.05, 0.1) is 19.1 Å². The number of nitrogens with one attached hydrogen (secondary N) is 1. The van der Waals surface area contributed by atoms with Gasteiger partial charge >= 0.3 is 0 Å². The second-order valence-corrected chi connectivity index (χ2v) is 7.17. The number of likely N-dealkylation sites (N-methyl/N-ethyl adjacent to an activating group) is 1. The number of furan rings is 1. The van der Waals surface area contributed by atoms with Crippen LogP contribution in [-0.4, -0.2) is 41.9 Å². The minimum atomic E-state index is -0.307. The Bertz CT molecular complexity index is 966. The van der Waals surface area contributed by atoms with Crippen LogP contribution in [0.15, 0.2) is 47.1 Å². The summed E-state index contributed by atoms with van der Waals surface area (Å²) in [6.07, 6.45) is 1.56. The molecule has 1 N–H and O–H groups in total. The molecule has 3 rings (SSSR count).